The average Bonchev–Trinajstić information content (AvgIpc) is 2.48. The monoisotopic (exact) mass is 314 g/mol. The van der Waals surface area contributed by atoms with E-state index in [1.807, 2.05) is 0 Å². The minimum Gasteiger partial charge on any atom is -0.396 e. The number of carbonyl (C=O) groups is 1. The van der Waals surface area contributed by atoms with E-state index in [4.69, 9.17) is 11.6 Å². The summed E-state index contributed by atoms with van der Waals surface area (Å²) in [6.45, 7) is 2.58. The summed E-state index contributed by atoms with van der Waals surface area (Å²) in [5.74, 6) is -0.452. The van der Waals surface area contributed by atoms with Gasteiger partial charge in [0, 0.05) is 31.1 Å². The van der Waals surface area contributed by atoms with Gasteiger partial charge in [0.2, 0.25) is 5.91 Å². The normalized spacial score (nSPS) is 19.5. The highest BCUT2D eigenvalue weighted by Crippen LogP contribution is 2.19. The third-order valence-corrected chi connectivity index (χ3v) is 3.96. The zero-order valence-electron chi connectivity index (χ0n) is 11.8. The maximum Gasteiger partial charge on any atom is 0.225 e. The molecule has 2 rings (SSSR count). The fourth-order valence-corrected chi connectivity index (χ4v) is 2.73. The summed E-state index contributed by atoms with van der Waals surface area (Å²) in [4.78, 5) is 14.0. The van der Waals surface area contributed by atoms with Crippen molar-refractivity contribution in [3.8, 4) is 0 Å². The van der Waals surface area contributed by atoms with Crippen molar-refractivity contribution in [3.05, 3.63) is 29.0 Å². The molecule has 0 saturated carbocycles. The van der Waals surface area contributed by atoms with Crippen LogP contribution in [0, 0.1) is 11.7 Å². The van der Waals surface area contributed by atoms with Gasteiger partial charge in [-0.15, -0.1) is 0 Å². The number of aliphatic hydroxyl groups excluding tert-OH is 1. The molecule has 1 aliphatic rings. The molecule has 1 heterocycles. The smallest absolute Gasteiger partial charge is 0.225 e. The SMILES string of the molecule is O=C(CCN1CCCC(CO)C1)Nc1ccc(Cl)cc1F. The second-order valence-corrected chi connectivity index (χ2v) is 5.85. The predicted molar refractivity (Wildman–Crippen MR) is 80.9 cm³/mol. The quantitative estimate of drug-likeness (QED) is 0.878. The molecule has 1 aliphatic heterocycles. The van der Waals surface area contributed by atoms with Gasteiger partial charge in [-0.25, -0.2) is 4.39 Å². The topological polar surface area (TPSA) is 52.6 Å². The molecule has 0 spiro atoms. The van der Waals surface area contributed by atoms with Crippen molar-refractivity contribution in [2.24, 2.45) is 5.92 Å². The lowest BCUT2D eigenvalue weighted by molar-refractivity contribution is -0.116. The van der Waals surface area contributed by atoms with E-state index in [9.17, 15) is 14.3 Å². The van der Waals surface area contributed by atoms with Gasteiger partial charge >= 0.3 is 0 Å². The summed E-state index contributed by atoms with van der Waals surface area (Å²) in [6, 6.07) is 4.17. The van der Waals surface area contributed by atoms with Gasteiger partial charge in [-0.3, -0.25) is 4.79 Å². The number of likely N-dealkylation sites (tertiary alicyclic amines) is 1. The second-order valence-electron chi connectivity index (χ2n) is 5.41. The summed E-state index contributed by atoms with van der Waals surface area (Å²) in [7, 11) is 0. The van der Waals surface area contributed by atoms with Crippen molar-refractivity contribution in [2.45, 2.75) is 19.3 Å². The Morgan fingerprint density at radius 1 is 1.52 bits per heavy atom. The van der Waals surface area contributed by atoms with E-state index in [2.05, 4.69) is 10.2 Å². The van der Waals surface area contributed by atoms with Crippen LogP contribution in [-0.2, 0) is 4.79 Å². The van der Waals surface area contributed by atoms with Crippen LogP contribution >= 0.6 is 11.6 Å². The number of anilines is 1. The van der Waals surface area contributed by atoms with Crippen molar-refractivity contribution in [1.82, 2.24) is 4.90 Å². The third-order valence-electron chi connectivity index (χ3n) is 3.72. The van der Waals surface area contributed by atoms with Crippen LogP contribution in [0.5, 0.6) is 0 Å². The van der Waals surface area contributed by atoms with Crippen molar-refractivity contribution in [3.63, 3.8) is 0 Å². The summed E-state index contributed by atoms with van der Waals surface area (Å²) < 4.78 is 13.6. The van der Waals surface area contributed by atoms with Crippen LogP contribution in [0.2, 0.25) is 5.02 Å². The number of piperidine rings is 1. The Balaban J connectivity index is 1.79. The Kier molecular flexibility index (Phi) is 5.96. The highest BCUT2D eigenvalue weighted by molar-refractivity contribution is 6.30. The molecule has 1 aromatic rings. The van der Waals surface area contributed by atoms with Crippen LogP contribution in [0.15, 0.2) is 18.2 Å². The molecule has 1 atom stereocenters. The Morgan fingerprint density at radius 3 is 3.05 bits per heavy atom. The van der Waals surface area contributed by atoms with Crippen LogP contribution in [0.3, 0.4) is 0 Å². The van der Waals surface area contributed by atoms with E-state index < -0.39 is 5.82 Å². The lowest BCUT2D eigenvalue weighted by Gasteiger charge is -2.31. The fourth-order valence-electron chi connectivity index (χ4n) is 2.57. The molecule has 1 saturated heterocycles. The molecule has 1 aromatic carbocycles. The molecule has 0 bridgehead atoms. The Bertz CT molecular complexity index is 499. The summed E-state index contributed by atoms with van der Waals surface area (Å²) in [6.07, 6.45) is 2.38. The first-order chi connectivity index (χ1) is 10.1. The summed E-state index contributed by atoms with van der Waals surface area (Å²) in [5.41, 5.74) is 0.149. The average molecular weight is 315 g/mol. The Hall–Kier alpha value is -1.17. The summed E-state index contributed by atoms with van der Waals surface area (Å²) in [5, 5.41) is 12.0. The molecule has 0 aliphatic carbocycles. The van der Waals surface area contributed by atoms with Crippen LogP contribution in [0.25, 0.3) is 0 Å². The molecule has 1 unspecified atom stereocenters. The van der Waals surface area contributed by atoms with Crippen molar-refractivity contribution in [2.75, 3.05) is 31.6 Å². The van der Waals surface area contributed by atoms with Crippen molar-refractivity contribution < 1.29 is 14.3 Å². The number of hydrogen-bond acceptors (Lipinski definition) is 3. The number of carbonyl (C=O) groups excluding carboxylic acids is 1. The number of aliphatic hydroxyl groups is 1. The van der Waals surface area contributed by atoms with E-state index in [1.165, 1.54) is 18.2 Å². The molecule has 2 N–H and O–H groups in total. The molecular formula is C15H20ClFN2O2. The van der Waals surface area contributed by atoms with Gasteiger partial charge in [-0.1, -0.05) is 11.6 Å². The van der Waals surface area contributed by atoms with E-state index in [-0.39, 0.29) is 18.2 Å². The molecule has 21 heavy (non-hydrogen) atoms. The van der Waals surface area contributed by atoms with E-state index in [1.54, 1.807) is 0 Å². The molecule has 116 valence electrons. The van der Waals surface area contributed by atoms with E-state index in [0.29, 0.717) is 23.9 Å². The molecule has 6 heteroatoms. The number of rotatable bonds is 5. The Labute approximate surface area is 128 Å². The molecule has 4 nitrogen and oxygen atoms in total. The number of hydrogen-bond donors (Lipinski definition) is 2. The standard InChI is InChI=1S/C15H20ClFN2O2/c16-12-3-4-14(13(17)8-12)18-15(21)5-7-19-6-1-2-11(9-19)10-20/h3-4,8,11,20H,1-2,5-7,9-10H2,(H,18,21). The number of nitrogens with one attached hydrogen (secondary N) is 1. The predicted octanol–water partition coefficient (Wildman–Crippen LogP) is 2.51. The lowest BCUT2D eigenvalue weighted by atomic mass is 9.99. The van der Waals surface area contributed by atoms with Gasteiger partial charge in [-0.05, 0) is 43.5 Å². The summed E-state index contributed by atoms with van der Waals surface area (Å²) >= 11 is 5.66. The largest absolute Gasteiger partial charge is 0.396 e. The van der Waals surface area contributed by atoms with Gasteiger partial charge in [0.15, 0.2) is 0 Å². The van der Waals surface area contributed by atoms with Gasteiger partial charge < -0.3 is 15.3 Å². The number of halogens is 2. The molecule has 1 amide bonds. The zero-order valence-corrected chi connectivity index (χ0v) is 12.6. The van der Waals surface area contributed by atoms with Crippen LogP contribution in [0.4, 0.5) is 10.1 Å². The lowest BCUT2D eigenvalue weighted by Crippen LogP contribution is -2.38. The van der Waals surface area contributed by atoms with Crippen LogP contribution < -0.4 is 5.32 Å². The van der Waals surface area contributed by atoms with Crippen molar-refractivity contribution in [1.29, 1.82) is 0 Å². The van der Waals surface area contributed by atoms with E-state index in [0.717, 1.165) is 25.9 Å². The zero-order chi connectivity index (χ0) is 15.2. The maximum atomic E-state index is 13.6. The number of benzene rings is 1. The van der Waals surface area contributed by atoms with E-state index >= 15 is 0 Å². The van der Waals surface area contributed by atoms with Crippen molar-refractivity contribution >= 4 is 23.2 Å². The minimum atomic E-state index is -0.533. The first kappa shape index (κ1) is 16.2. The van der Waals surface area contributed by atoms with Gasteiger partial charge in [0.25, 0.3) is 0 Å². The van der Waals surface area contributed by atoms with Gasteiger partial charge in [0.05, 0.1) is 5.69 Å². The van der Waals surface area contributed by atoms with Crippen LogP contribution in [-0.4, -0.2) is 42.2 Å². The first-order valence-electron chi connectivity index (χ1n) is 7.16. The number of amides is 1. The molecule has 0 aromatic heterocycles. The third kappa shape index (κ3) is 4.95. The van der Waals surface area contributed by atoms with Gasteiger partial charge in [0.1, 0.15) is 5.82 Å². The highest BCUT2D eigenvalue weighted by Gasteiger charge is 2.19. The molecule has 0 radical (unpaired) electrons. The van der Waals surface area contributed by atoms with Gasteiger partial charge in [-0.2, -0.15) is 0 Å². The maximum absolute atomic E-state index is 13.6. The Morgan fingerprint density at radius 2 is 2.33 bits per heavy atom. The number of nitrogens with zero attached hydrogens (tertiary/aromatic N) is 1. The molecular weight excluding hydrogens is 295 g/mol. The first-order valence-corrected chi connectivity index (χ1v) is 7.54. The minimum absolute atomic E-state index is 0.149. The highest BCUT2D eigenvalue weighted by atomic mass is 35.5. The van der Waals surface area contributed by atoms with Crippen LogP contribution in [0.1, 0.15) is 19.3 Å². The second kappa shape index (κ2) is 7.73. The fraction of sp³-hybridized carbons (Fsp3) is 0.533. The molecule has 1 fully saturated rings.